The second-order valence-electron chi connectivity index (χ2n) is 6.54. The number of halogens is 2. The van der Waals surface area contributed by atoms with Crippen LogP contribution in [0.15, 0.2) is 66.7 Å². The highest BCUT2D eigenvalue weighted by Gasteiger charge is 2.32. The molecule has 0 bridgehead atoms. The first-order chi connectivity index (χ1) is 14.9. The summed E-state index contributed by atoms with van der Waals surface area (Å²) >= 11 is 12.4. The lowest BCUT2D eigenvalue weighted by atomic mass is 9.98. The van der Waals surface area contributed by atoms with Gasteiger partial charge in [0.2, 0.25) is 0 Å². The highest BCUT2D eigenvalue weighted by atomic mass is 35.5. The number of rotatable bonds is 9. The largest absolute Gasteiger partial charge is 0.485 e. The maximum absolute atomic E-state index is 11.6. The zero-order chi connectivity index (χ0) is 22.4. The summed E-state index contributed by atoms with van der Waals surface area (Å²) in [6.07, 6.45) is 0. The van der Waals surface area contributed by atoms with Gasteiger partial charge in [-0.2, -0.15) is 0 Å². The van der Waals surface area contributed by atoms with Crippen LogP contribution in [0.3, 0.4) is 0 Å². The van der Waals surface area contributed by atoms with Gasteiger partial charge in [-0.1, -0.05) is 71.7 Å². The molecule has 0 spiro atoms. The van der Waals surface area contributed by atoms with E-state index < -0.39 is 17.9 Å². The smallest absolute Gasteiger partial charge is 0.322 e. The van der Waals surface area contributed by atoms with E-state index in [0.29, 0.717) is 21.2 Å². The summed E-state index contributed by atoms with van der Waals surface area (Å²) in [6.45, 7) is 0.0709. The normalized spacial score (nSPS) is 10.7. The van der Waals surface area contributed by atoms with Gasteiger partial charge in [0.05, 0.1) is 0 Å². The average molecular weight is 461 g/mol. The van der Waals surface area contributed by atoms with Crippen molar-refractivity contribution in [3.63, 3.8) is 0 Å². The molecule has 0 unspecified atom stereocenters. The van der Waals surface area contributed by atoms with E-state index in [1.165, 1.54) is 12.1 Å². The summed E-state index contributed by atoms with van der Waals surface area (Å²) in [5.41, 5.74) is 1.32. The van der Waals surface area contributed by atoms with Crippen molar-refractivity contribution in [1.82, 2.24) is 0 Å². The van der Waals surface area contributed by atoms with Crippen LogP contribution in [0.4, 0.5) is 0 Å². The van der Waals surface area contributed by atoms with Crippen molar-refractivity contribution in [3.8, 4) is 11.5 Å². The molecule has 3 rings (SSSR count). The van der Waals surface area contributed by atoms with Gasteiger partial charge in [0.1, 0.15) is 13.2 Å². The molecule has 0 aromatic heterocycles. The standard InChI is InChI=1S/C23H18Cl2O6/c24-17-9-3-1-6-14(17)12-30-19-11-5-8-16(20(22(26)27)23(28)29)21(19)31-13-15-7-2-4-10-18(15)25/h1-11,20H,12-13H2,(H,26,27)(H,28,29). The maximum atomic E-state index is 11.6. The molecule has 0 fully saturated rings. The number of carbonyl (C=O) groups is 2. The molecule has 2 N–H and O–H groups in total. The molecule has 0 amide bonds. The molecule has 0 aliphatic rings. The zero-order valence-corrected chi connectivity index (χ0v) is 17.6. The zero-order valence-electron chi connectivity index (χ0n) is 16.1. The molecule has 0 radical (unpaired) electrons. The maximum Gasteiger partial charge on any atom is 0.322 e. The topological polar surface area (TPSA) is 93.1 Å². The summed E-state index contributed by atoms with van der Waals surface area (Å²) in [5, 5.41) is 19.9. The Kier molecular flexibility index (Phi) is 7.39. The van der Waals surface area contributed by atoms with E-state index in [9.17, 15) is 19.8 Å². The van der Waals surface area contributed by atoms with Crippen LogP contribution in [-0.4, -0.2) is 22.2 Å². The first kappa shape index (κ1) is 22.5. The van der Waals surface area contributed by atoms with Crippen molar-refractivity contribution in [1.29, 1.82) is 0 Å². The van der Waals surface area contributed by atoms with Gasteiger partial charge in [-0.25, -0.2) is 0 Å². The third-order valence-corrected chi connectivity index (χ3v) is 5.22. The predicted octanol–water partition coefficient (Wildman–Crippen LogP) is 5.40. The number of aliphatic carboxylic acids is 2. The van der Waals surface area contributed by atoms with E-state index in [1.54, 1.807) is 54.6 Å². The van der Waals surface area contributed by atoms with Crippen LogP contribution in [0.2, 0.25) is 10.0 Å². The molecule has 3 aromatic carbocycles. The highest BCUT2D eigenvalue weighted by molar-refractivity contribution is 6.31. The Bertz CT molecular complexity index is 1080. The van der Waals surface area contributed by atoms with Gasteiger partial charge < -0.3 is 19.7 Å². The third kappa shape index (κ3) is 5.48. The Hall–Kier alpha value is -3.22. The van der Waals surface area contributed by atoms with Crippen LogP contribution in [0.1, 0.15) is 22.6 Å². The minimum atomic E-state index is -1.83. The van der Waals surface area contributed by atoms with Crippen molar-refractivity contribution in [2.24, 2.45) is 0 Å². The van der Waals surface area contributed by atoms with Crippen LogP contribution >= 0.6 is 23.2 Å². The number of carboxylic acids is 2. The van der Waals surface area contributed by atoms with Crippen molar-refractivity contribution < 1.29 is 29.3 Å². The van der Waals surface area contributed by atoms with Crippen LogP contribution in [0.25, 0.3) is 0 Å². The van der Waals surface area contributed by atoms with E-state index in [1.807, 2.05) is 0 Å². The quantitative estimate of drug-likeness (QED) is 0.415. The number of hydrogen-bond donors (Lipinski definition) is 2. The van der Waals surface area contributed by atoms with Crippen LogP contribution in [0.5, 0.6) is 11.5 Å². The van der Waals surface area contributed by atoms with E-state index in [2.05, 4.69) is 0 Å². The van der Waals surface area contributed by atoms with E-state index >= 15 is 0 Å². The second kappa shape index (κ2) is 10.2. The Balaban J connectivity index is 1.97. The lowest BCUT2D eigenvalue weighted by Gasteiger charge is -2.19. The molecule has 0 atom stereocenters. The van der Waals surface area contributed by atoms with Crippen molar-refractivity contribution in [3.05, 3.63) is 93.5 Å². The van der Waals surface area contributed by atoms with Gasteiger partial charge in [0, 0.05) is 26.7 Å². The molecule has 31 heavy (non-hydrogen) atoms. The van der Waals surface area contributed by atoms with Crippen molar-refractivity contribution in [2.75, 3.05) is 0 Å². The molecule has 3 aromatic rings. The first-order valence-electron chi connectivity index (χ1n) is 9.19. The van der Waals surface area contributed by atoms with Gasteiger partial charge >= 0.3 is 11.9 Å². The lowest BCUT2D eigenvalue weighted by Crippen LogP contribution is -2.22. The molecule has 0 saturated heterocycles. The monoisotopic (exact) mass is 460 g/mol. The molecular weight excluding hydrogens is 443 g/mol. The average Bonchev–Trinajstić information content (AvgIpc) is 2.73. The number of carboxylic acid groups (broad SMARTS) is 2. The summed E-state index contributed by atoms with van der Waals surface area (Å²) in [6, 6.07) is 18.6. The molecule has 6 nitrogen and oxygen atoms in total. The fourth-order valence-electron chi connectivity index (χ4n) is 2.94. The minimum absolute atomic E-state index is 0.00883. The van der Waals surface area contributed by atoms with Gasteiger partial charge in [-0.15, -0.1) is 0 Å². The number of para-hydroxylation sites is 1. The first-order valence-corrected chi connectivity index (χ1v) is 9.95. The van der Waals surface area contributed by atoms with Gasteiger partial charge in [0.15, 0.2) is 17.4 Å². The Morgan fingerprint density at radius 1 is 0.742 bits per heavy atom. The Morgan fingerprint density at radius 2 is 1.26 bits per heavy atom. The molecule has 160 valence electrons. The minimum Gasteiger partial charge on any atom is -0.485 e. The Morgan fingerprint density at radius 3 is 1.77 bits per heavy atom. The van der Waals surface area contributed by atoms with Gasteiger partial charge in [-0.05, 0) is 18.2 Å². The molecule has 0 aliphatic heterocycles. The summed E-state index contributed by atoms with van der Waals surface area (Å²) < 4.78 is 11.7. The SMILES string of the molecule is O=C(O)C(C(=O)O)c1cccc(OCc2ccccc2Cl)c1OCc1ccccc1Cl. The number of hydrogen-bond acceptors (Lipinski definition) is 4. The predicted molar refractivity (Wildman–Crippen MR) is 116 cm³/mol. The van der Waals surface area contributed by atoms with Gasteiger partial charge in [0.25, 0.3) is 0 Å². The van der Waals surface area contributed by atoms with Gasteiger partial charge in [-0.3, -0.25) is 9.59 Å². The van der Waals surface area contributed by atoms with E-state index in [0.717, 1.165) is 0 Å². The molecule has 0 saturated carbocycles. The molecule has 8 heteroatoms. The fourth-order valence-corrected chi connectivity index (χ4v) is 3.32. The van der Waals surface area contributed by atoms with Crippen molar-refractivity contribution in [2.45, 2.75) is 19.1 Å². The third-order valence-electron chi connectivity index (χ3n) is 4.49. The summed E-state index contributed by atoms with van der Waals surface area (Å²) in [4.78, 5) is 23.3. The van der Waals surface area contributed by atoms with E-state index in [-0.39, 0.29) is 30.3 Å². The van der Waals surface area contributed by atoms with Crippen molar-refractivity contribution >= 4 is 35.1 Å². The Labute approximate surface area is 188 Å². The fraction of sp³-hybridized carbons (Fsp3) is 0.130. The molecule has 0 aliphatic carbocycles. The summed E-state index contributed by atoms with van der Waals surface area (Å²) in [5.74, 6) is -4.65. The summed E-state index contributed by atoms with van der Waals surface area (Å²) in [7, 11) is 0. The van der Waals surface area contributed by atoms with E-state index in [4.69, 9.17) is 32.7 Å². The highest BCUT2D eigenvalue weighted by Crippen LogP contribution is 2.38. The second-order valence-corrected chi connectivity index (χ2v) is 7.36. The number of benzene rings is 3. The number of ether oxygens (including phenoxy) is 2. The lowest BCUT2D eigenvalue weighted by molar-refractivity contribution is -0.150. The molecule has 0 heterocycles. The van der Waals surface area contributed by atoms with Crippen LogP contribution in [0, 0.1) is 0 Å². The van der Waals surface area contributed by atoms with Crippen LogP contribution < -0.4 is 9.47 Å². The molecular formula is C23H18Cl2O6. The van der Waals surface area contributed by atoms with Crippen LogP contribution in [-0.2, 0) is 22.8 Å².